The van der Waals surface area contributed by atoms with Crippen LogP contribution < -0.4 is 9.47 Å². The Bertz CT molecular complexity index is 781. The third kappa shape index (κ3) is 2.78. The molecule has 0 saturated carbocycles. The summed E-state index contributed by atoms with van der Waals surface area (Å²) in [6.07, 6.45) is 1.41. The zero-order valence-corrected chi connectivity index (χ0v) is 13.3. The minimum Gasteiger partial charge on any atom is -0.496 e. The van der Waals surface area contributed by atoms with Gasteiger partial charge < -0.3 is 19.5 Å². The van der Waals surface area contributed by atoms with Gasteiger partial charge in [-0.05, 0) is 18.2 Å². The second-order valence-corrected chi connectivity index (χ2v) is 5.46. The van der Waals surface area contributed by atoms with Crippen LogP contribution in [-0.2, 0) is 6.54 Å². The molecule has 1 aromatic heterocycles. The zero-order chi connectivity index (χ0) is 17.3. The van der Waals surface area contributed by atoms with Gasteiger partial charge in [0, 0.05) is 17.3 Å². The van der Waals surface area contributed by atoms with Gasteiger partial charge in [0.1, 0.15) is 23.4 Å². The number of aromatic nitrogens is 1. The lowest BCUT2D eigenvalue weighted by Gasteiger charge is -2.34. The molecule has 0 unspecified atom stereocenters. The number of ether oxygens (including phenoxy) is 2. The smallest absolute Gasteiger partial charge is 0.255 e. The van der Waals surface area contributed by atoms with Gasteiger partial charge in [0.25, 0.3) is 5.91 Å². The fourth-order valence-corrected chi connectivity index (χ4v) is 2.94. The topological polar surface area (TPSA) is 71.9 Å². The number of halogens is 1. The van der Waals surface area contributed by atoms with Gasteiger partial charge in [-0.2, -0.15) is 0 Å². The van der Waals surface area contributed by atoms with Crippen molar-refractivity contribution >= 4 is 5.91 Å². The number of fused-ring (bicyclic) bond motifs is 1. The summed E-state index contributed by atoms with van der Waals surface area (Å²) in [5.41, 5.74) is 1.42. The van der Waals surface area contributed by atoms with Gasteiger partial charge in [-0.15, -0.1) is 0 Å². The molecule has 1 aromatic carbocycles. The largest absolute Gasteiger partial charge is 0.496 e. The van der Waals surface area contributed by atoms with Crippen molar-refractivity contribution in [2.24, 2.45) is 0 Å². The number of carbonyl (C=O) groups excluding carboxylic acids is 1. The summed E-state index contributed by atoms with van der Waals surface area (Å²) >= 11 is 0. The number of aliphatic hydroxyl groups excluding tert-OH is 1. The Morgan fingerprint density at radius 3 is 2.67 bits per heavy atom. The molecule has 1 aliphatic rings. The molecule has 0 saturated heterocycles. The van der Waals surface area contributed by atoms with Crippen LogP contribution >= 0.6 is 0 Å². The van der Waals surface area contributed by atoms with Crippen LogP contribution in [0.3, 0.4) is 0 Å². The molecule has 1 aliphatic heterocycles. The SMILES string of the molecule is COc1ccc(OC)c2c1CN(C(=O)c1cncc(F)c1)C[C@H]2O. The maximum atomic E-state index is 13.3. The summed E-state index contributed by atoms with van der Waals surface area (Å²) in [4.78, 5) is 17.7. The Balaban J connectivity index is 1.98. The van der Waals surface area contributed by atoms with Crippen molar-refractivity contribution in [2.75, 3.05) is 20.8 Å². The molecule has 1 amide bonds. The Hall–Kier alpha value is -2.67. The van der Waals surface area contributed by atoms with Gasteiger partial charge >= 0.3 is 0 Å². The Morgan fingerprint density at radius 2 is 2.00 bits per heavy atom. The van der Waals surface area contributed by atoms with Crippen molar-refractivity contribution in [3.05, 3.63) is 53.1 Å². The summed E-state index contributed by atoms with van der Waals surface area (Å²) in [6.45, 7) is 0.300. The van der Waals surface area contributed by atoms with Crippen LogP contribution in [0.1, 0.15) is 27.6 Å². The van der Waals surface area contributed by atoms with Gasteiger partial charge in [-0.1, -0.05) is 0 Å². The molecule has 3 rings (SSSR count). The Morgan fingerprint density at radius 1 is 1.29 bits per heavy atom. The lowest BCUT2D eigenvalue weighted by Crippen LogP contribution is -2.38. The highest BCUT2D eigenvalue weighted by atomic mass is 19.1. The molecular weight excluding hydrogens is 315 g/mol. The molecule has 0 fully saturated rings. The van der Waals surface area contributed by atoms with E-state index in [9.17, 15) is 14.3 Å². The minimum absolute atomic E-state index is 0.0753. The van der Waals surface area contributed by atoms with E-state index in [2.05, 4.69) is 4.98 Å². The quantitative estimate of drug-likeness (QED) is 0.930. The molecule has 6 nitrogen and oxygen atoms in total. The van der Waals surface area contributed by atoms with Crippen LogP contribution in [-0.4, -0.2) is 41.7 Å². The van der Waals surface area contributed by atoms with E-state index in [1.165, 1.54) is 25.3 Å². The Labute approximate surface area is 138 Å². The monoisotopic (exact) mass is 332 g/mol. The molecule has 126 valence electrons. The first kappa shape index (κ1) is 16.2. The number of carbonyl (C=O) groups is 1. The molecule has 0 spiro atoms. The third-order valence-electron chi connectivity index (χ3n) is 4.03. The van der Waals surface area contributed by atoms with Crippen molar-refractivity contribution in [1.82, 2.24) is 9.88 Å². The molecule has 0 radical (unpaired) electrons. The Kier molecular flexibility index (Phi) is 4.35. The predicted octanol–water partition coefficient (Wildman–Crippen LogP) is 1.93. The van der Waals surface area contributed by atoms with E-state index < -0.39 is 17.8 Å². The molecule has 0 aliphatic carbocycles. The van der Waals surface area contributed by atoms with E-state index in [0.717, 1.165) is 12.3 Å². The average molecular weight is 332 g/mol. The molecule has 0 bridgehead atoms. The van der Waals surface area contributed by atoms with E-state index in [-0.39, 0.29) is 18.7 Å². The molecule has 7 heteroatoms. The summed E-state index contributed by atoms with van der Waals surface area (Å²) in [5, 5.41) is 10.5. The van der Waals surface area contributed by atoms with Crippen molar-refractivity contribution in [3.8, 4) is 11.5 Å². The first-order chi connectivity index (χ1) is 11.5. The number of rotatable bonds is 3. The highest BCUT2D eigenvalue weighted by Crippen LogP contribution is 2.39. The fourth-order valence-electron chi connectivity index (χ4n) is 2.94. The van der Waals surface area contributed by atoms with E-state index in [4.69, 9.17) is 9.47 Å². The predicted molar refractivity (Wildman–Crippen MR) is 83.4 cm³/mol. The van der Waals surface area contributed by atoms with Crippen molar-refractivity contribution in [1.29, 1.82) is 0 Å². The standard InChI is InChI=1S/C17H17FN2O4/c1-23-14-3-4-15(24-2)16-12(14)8-20(9-13(16)21)17(22)10-5-11(18)7-19-6-10/h3-7,13,21H,8-9H2,1-2H3/t13-/m1/s1. The van der Waals surface area contributed by atoms with Crippen LogP contribution in [0, 0.1) is 5.82 Å². The van der Waals surface area contributed by atoms with Crippen LogP contribution in [0.15, 0.2) is 30.6 Å². The molecule has 1 atom stereocenters. The number of β-amino-alcohol motifs (C(OH)–C–C–N with tert-alkyl or cyclic N) is 1. The number of benzene rings is 1. The number of nitrogens with zero attached hydrogens (tertiary/aromatic N) is 2. The van der Waals surface area contributed by atoms with E-state index in [1.54, 1.807) is 12.1 Å². The third-order valence-corrected chi connectivity index (χ3v) is 4.03. The highest BCUT2D eigenvalue weighted by molar-refractivity contribution is 5.94. The van der Waals surface area contributed by atoms with E-state index in [1.807, 2.05) is 0 Å². The summed E-state index contributed by atoms with van der Waals surface area (Å²) in [6, 6.07) is 4.57. The maximum absolute atomic E-state index is 13.3. The van der Waals surface area contributed by atoms with Crippen molar-refractivity contribution < 1.29 is 23.8 Å². The molecular formula is C17H17FN2O4. The van der Waals surface area contributed by atoms with Gasteiger partial charge in [0.2, 0.25) is 0 Å². The van der Waals surface area contributed by atoms with Crippen LogP contribution in [0.4, 0.5) is 4.39 Å². The van der Waals surface area contributed by atoms with Gasteiger partial charge in [-0.25, -0.2) is 4.39 Å². The van der Waals surface area contributed by atoms with Gasteiger partial charge in [0.15, 0.2) is 0 Å². The summed E-state index contributed by atoms with van der Waals surface area (Å²) < 4.78 is 23.9. The lowest BCUT2D eigenvalue weighted by molar-refractivity contribution is 0.0537. The van der Waals surface area contributed by atoms with Gasteiger partial charge in [-0.3, -0.25) is 9.78 Å². The summed E-state index contributed by atoms with van der Waals surface area (Å²) in [5.74, 6) is 0.104. The molecule has 24 heavy (non-hydrogen) atoms. The van der Waals surface area contributed by atoms with Crippen LogP contribution in [0.2, 0.25) is 0 Å². The number of pyridine rings is 1. The second kappa shape index (κ2) is 6.45. The van der Waals surface area contributed by atoms with Crippen molar-refractivity contribution in [3.63, 3.8) is 0 Å². The number of amides is 1. The average Bonchev–Trinajstić information content (AvgIpc) is 2.59. The van der Waals surface area contributed by atoms with Crippen molar-refractivity contribution in [2.45, 2.75) is 12.6 Å². The zero-order valence-electron chi connectivity index (χ0n) is 13.3. The summed E-state index contributed by atoms with van der Waals surface area (Å²) in [7, 11) is 3.04. The number of methoxy groups -OCH3 is 2. The van der Waals surface area contributed by atoms with E-state index >= 15 is 0 Å². The first-order valence-electron chi connectivity index (χ1n) is 7.36. The van der Waals surface area contributed by atoms with Gasteiger partial charge in [0.05, 0.1) is 39.1 Å². The van der Waals surface area contributed by atoms with E-state index in [0.29, 0.717) is 22.6 Å². The number of hydrogen-bond donors (Lipinski definition) is 1. The van der Waals surface area contributed by atoms with Crippen LogP contribution in [0.5, 0.6) is 11.5 Å². The molecule has 2 heterocycles. The highest BCUT2D eigenvalue weighted by Gasteiger charge is 2.32. The lowest BCUT2D eigenvalue weighted by atomic mass is 9.94. The fraction of sp³-hybridized carbons (Fsp3) is 0.294. The number of aliphatic hydroxyl groups is 1. The molecule has 2 aromatic rings. The second-order valence-electron chi connectivity index (χ2n) is 5.46. The van der Waals surface area contributed by atoms with Crippen LogP contribution in [0.25, 0.3) is 0 Å². The first-order valence-corrected chi connectivity index (χ1v) is 7.36. The maximum Gasteiger partial charge on any atom is 0.255 e. The normalized spacial score (nSPS) is 16.5. The number of hydrogen-bond acceptors (Lipinski definition) is 5. The minimum atomic E-state index is -0.927. The molecule has 1 N–H and O–H groups in total.